The normalized spacial score (nSPS) is 13.1. The molecule has 0 rings (SSSR count). The van der Waals surface area contributed by atoms with Gasteiger partial charge in [0.15, 0.2) is 0 Å². The summed E-state index contributed by atoms with van der Waals surface area (Å²) in [6.45, 7) is 11.3. The third-order valence-electron chi connectivity index (χ3n) is 4.05. The molecule has 0 aliphatic rings. The second-order valence-electron chi connectivity index (χ2n) is 6.25. The van der Waals surface area contributed by atoms with Crippen molar-refractivity contribution in [2.45, 2.75) is 54.0 Å². The van der Waals surface area contributed by atoms with Gasteiger partial charge < -0.3 is 11.1 Å². The average Bonchev–Trinajstić information content (AvgIpc) is 2.15. The van der Waals surface area contributed by atoms with E-state index in [1.807, 2.05) is 0 Å². The Morgan fingerprint density at radius 2 is 1.28 bits per heavy atom. The molecule has 3 N–H and O–H groups in total. The van der Waals surface area contributed by atoms with E-state index in [1.165, 1.54) is 20.8 Å². The Kier molecular flexibility index (Phi) is 4.34. The fourth-order valence-electron chi connectivity index (χ4n) is 1.23. The molecule has 104 valence electrons. The van der Waals surface area contributed by atoms with Crippen LogP contribution in [0.4, 0.5) is 0 Å². The third kappa shape index (κ3) is 2.89. The number of nitrogens with one attached hydrogen (secondary N) is 1. The van der Waals surface area contributed by atoms with Gasteiger partial charge in [-0.1, -0.05) is 27.7 Å². The van der Waals surface area contributed by atoms with E-state index in [-0.39, 0.29) is 11.7 Å². The van der Waals surface area contributed by atoms with E-state index in [4.69, 9.17) is 5.73 Å². The highest BCUT2D eigenvalue weighted by molar-refractivity contribution is 5.95. The largest absolute Gasteiger partial charge is 0.368 e. The number of Topliss-reactive ketones (excluding diaryl/α,β-unsaturated/α-hetero) is 1. The van der Waals surface area contributed by atoms with Crippen LogP contribution in [0.2, 0.25) is 0 Å². The second-order valence-corrected chi connectivity index (χ2v) is 6.25. The summed E-state index contributed by atoms with van der Waals surface area (Å²) in [5.74, 6) is -1.07. The zero-order valence-corrected chi connectivity index (χ0v) is 12.3. The fraction of sp³-hybridized carbons (Fsp3) is 0.769. The van der Waals surface area contributed by atoms with Crippen molar-refractivity contribution in [3.8, 4) is 0 Å². The van der Waals surface area contributed by atoms with Gasteiger partial charge in [0.05, 0.1) is 5.41 Å². The Labute approximate surface area is 108 Å². The molecular weight excluding hydrogens is 232 g/mol. The molecule has 0 atom stereocenters. The molecule has 2 amide bonds. The number of primary amides is 1. The van der Waals surface area contributed by atoms with Crippen molar-refractivity contribution >= 4 is 17.6 Å². The van der Waals surface area contributed by atoms with E-state index >= 15 is 0 Å². The SMILES string of the molecule is CC(=O)C(C)(C)C(C)(C)C(=O)NC(C)(C)C(N)=O. The minimum atomic E-state index is -1.14. The van der Waals surface area contributed by atoms with Gasteiger partial charge in [0.25, 0.3) is 0 Å². The number of nitrogens with two attached hydrogens (primary N) is 1. The molecule has 5 heteroatoms. The van der Waals surface area contributed by atoms with Gasteiger partial charge in [-0.25, -0.2) is 0 Å². The van der Waals surface area contributed by atoms with Crippen LogP contribution in [0.25, 0.3) is 0 Å². The third-order valence-corrected chi connectivity index (χ3v) is 4.05. The van der Waals surface area contributed by atoms with Crippen LogP contribution in [-0.4, -0.2) is 23.1 Å². The van der Waals surface area contributed by atoms with E-state index in [0.717, 1.165) is 0 Å². The lowest BCUT2D eigenvalue weighted by Gasteiger charge is -2.40. The first-order valence-electron chi connectivity index (χ1n) is 5.90. The lowest BCUT2D eigenvalue weighted by Crippen LogP contribution is -2.59. The molecule has 18 heavy (non-hydrogen) atoms. The van der Waals surface area contributed by atoms with Gasteiger partial charge >= 0.3 is 0 Å². The maximum Gasteiger partial charge on any atom is 0.242 e. The number of carbonyl (C=O) groups is 3. The molecule has 0 saturated heterocycles. The van der Waals surface area contributed by atoms with Gasteiger partial charge in [0, 0.05) is 5.41 Å². The van der Waals surface area contributed by atoms with E-state index < -0.39 is 22.3 Å². The van der Waals surface area contributed by atoms with Gasteiger partial charge in [-0.05, 0) is 20.8 Å². The minimum absolute atomic E-state index is 0.0838. The molecule has 0 spiro atoms. The minimum Gasteiger partial charge on any atom is -0.368 e. The smallest absolute Gasteiger partial charge is 0.242 e. The van der Waals surface area contributed by atoms with Crippen molar-refractivity contribution < 1.29 is 14.4 Å². The lowest BCUT2D eigenvalue weighted by atomic mass is 9.65. The van der Waals surface area contributed by atoms with Gasteiger partial charge in [-0.3, -0.25) is 14.4 Å². The van der Waals surface area contributed by atoms with E-state index in [1.54, 1.807) is 27.7 Å². The summed E-state index contributed by atoms with van der Waals surface area (Å²) >= 11 is 0. The number of hydrogen-bond acceptors (Lipinski definition) is 3. The molecule has 0 heterocycles. The number of amides is 2. The maximum atomic E-state index is 12.3. The summed E-state index contributed by atoms with van der Waals surface area (Å²) in [7, 11) is 0. The molecule has 0 aliphatic carbocycles. The van der Waals surface area contributed by atoms with Crippen LogP contribution >= 0.6 is 0 Å². The van der Waals surface area contributed by atoms with Crippen LogP contribution in [0, 0.1) is 10.8 Å². The molecule has 0 bridgehead atoms. The van der Waals surface area contributed by atoms with Crippen molar-refractivity contribution in [1.29, 1.82) is 0 Å². The standard InChI is InChI=1S/C13H24N2O3/c1-8(16)11(2,3)12(4,5)10(18)15-13(6,7)9(14)17/h1-7H3,(H2,14,17)(H,15,18). The highest BCUT2D eigenvalue weighted by atomic mass is 16.2. The van der Waals surface area contributed by atoms with Gasteiger partial charge in [0.1, 0.15) is 11.3 Å². The number of ketones is 1. The molecule has 5 nitrogen and oxygen atoms in total. The molecular formula is C13H24N2O3. The van der Waals surface area contributed by atoms with Crippen LogP contribution in [-0.2, 0) is 14.4 Å². The zero-order chi connectivity index (χ0) is 14.9. The van der Waals surface area contributed by atoms with Crippen LogP contribution in [0.15, 0.2) is 0 Å². The Morgan fingerprint density at radius 3 is 1.56 bits per heavy atom. The first kappa shape index (κ1) is 16.6. The van der Waals surface area contributed by atoms with Crippen molar-refractivity contribution in [2.75, 3.05) is 0 Å². The highest BCUT2D eigenvalue weighted by Crippen LogP contribution is 2.39. The van der Waals surface area contributed by atoms with E-state index in [0.29, 0.717) is 0 Å². The lowest BCUT2D eigenvalue weighted by molar-refractivity contribution is -0.147. The molecule has 0 aromatic heterocycles. The highest BCUT2D eigenvalue weighted by Gasteiger charge is 2.47. The Bertz CT molecular complexity index is 382. The number of carbonyl (C=O) groups excluding carboxylic acids is 3. The van der Waals surface area contributed by atoms with Crippen molar-refractivity contribution in [3.05, 3.63) is 0 Å². The van der Waals surface area contributed by atoms with Gasteiger partial charge in [-0.2, -0.15) is 0 Å². The number of hydrogen-bond donors (Lipinski definition) is 2. The first-order chi connectivity index (χ1) is 7.76. The zero-order valence-electron chi connectivity index (χ0n) is 12.3. The summed E-state index contributed by atoms with van der Waals surface area (Å²) < 4.78 is 0. The van der Waals surface area contributed by atoms with Crippen LogP contribution in [0.1, 0.15) is 48.5 Å². The van der Waals surface area contributed by atoms with Crippen molar-refractivity contribution in [1.82, 2.24) is 5.32 Å². The van der Waals surface area contributed by atoms with Crippen molar-refractivity contribution in [3.63, 3.8) is 0 Å². The van der Waals surface area contributed by atoms with Crippen molar-refractivity contribution in [2.24, 2.45) is 16.6 Å². The fourth-order valence-corrected chi connectivity index (χ4v) is 1.23. The van der Waals surface area contributed by atoms with Crippen LogP contribution < -0.4 is 11.1 Å². The topological polar surface area (TPSA) is 89.3 Å². The maximum absolute atomic E-state index is 12.3. The van der Waals surface area contributed by atoms with Gasteiger partial charge in [0.2, 0.25) is 11.8 Å². The Balaban J connectivity index is 5.23. The van der Waals surface area contributed by atoms with Gasteiger partial charge in [-0.15, -0.1) is 0 Å². The summed E-state index contributed by atoms with van der Waals surface area (Å²) in [6.07, 6.45) is 0. The first-order valence-corrected chi connectivity index (χ1v) is 5.90. The predicted molar refractivity (Wildman–Crippen MR) is 69.7 cm³/mol. The molecule has 0 saturated carbocycles. The second kappa shape index (κ2) is 4.71. The Morgan fingerprint density at radius 1 is 0.889 bits per heavy atom. The molecule has 0 aliphatic heterocycles. The number of rotatable bonds is 5. The average molecular weight is 256 g/mol. The van der Waals surface area contributed by atoms with E-state index in [9.17, 15) is 14.4 Å². The molecule has 0 radical (unpaired) electrons. The summed E-state index contributed by atoms with van der Waals surface area (Å²) in [5.41, 5.74) is 2.30. The molecule has 0 aromatic rings. The monoisotopic (exact) mass is 256 g/mol. The summed E-state index contributed by atoms with van der Waals surface area (Å²) in [4.78, 5) is 35.1. The molecule has 0 fully saturated rings. The Hall–Kier alpha value is -1.39. The van der Waals surface area contributed by atoms with Crippen LogP contribution in [0.3, 0.4) is 0 Å². The molecule has 0 unspecified atom stereocenters. The predicted octanol–water partition coefficient (Wildman–Crippen LogP) is 1.01. The summed E-state index contributed by atoms with van der Waals surface area (Å²) in [6, 6.07) is 0. The molecule has 0 aromatic carbocycles. The van der Waals surface area contributed by atoms with Crippen LogP contribution in [0.5, 0.6) is 0 Å². The van der Waals surface area contributed by atoms with E-state index in [2.05, 4.69) is 5.32 Å². The quantitative estimate of drug-likeness (QED) is 0.769. The summed E-state index contributed by atoms with van der Waals surface area (Å²) in [5, 5.41) is 2.59.